The molecule has 18 heavy (non-hydrogen) atoms. The molecule has 0 aliphatic rings. The summed E-state index contributed by atoms with van der Waals surface area (Å²) < 4.78 is 1.87. The van der Waals surface area contributed by atoms with E-state index in [0.717, 1.165) is 5.82 Å². The molecule has 0 saturated carbocycles. The normalized spacial score (nSPS) is 10.3. The number of carboxylic acids is 1. The quantitative estimate of drug-likeness (QED) is 0.849. The molecule has 0 bridgehead atoms. The molecular weight excluding hydrogens is 234 g/mol. The summed E-state index contributed by atoms with van der Waals surface area (Å²) in [6.07, 6.45) is 6.36. The lowest BCUT2D eigenvalue weighted by Gasteiger charge is -2.18. The first-order valence-corrected chi connectivity index (χ1v) is 5.31. The highest BCUT2D eigenvalue weighted by Gasteiger charge is 2.17. The lowest BCUT2D eigenvalue weighted by atomic mass is 10.3. The molecule has 94 valence electrons. The summed E-state index contributed by atoms with van der Waals surface area (Å²) in [6.45, 7) is 0.461. The summed E-state index contributed by atoms with van der Waals surface area (Å²) in [5, 5.41) is 9.05. The number of carboxylic acid groups (broad SMARTS) is 1. The number of rotatable bonds is 4. The van der Waals surface area contributed by atoms with Crippen molar-refractivity contribution in [3.05, 3.63) is 36.3 Å². The van der Waals surface area contributed by atoms with Crippen LogP contribution in [0, 0.1) is 0 Å². The zero-order chi connectivity index (χ0) is 13.1. The van der Waals surface area contributed by atoms with Gasteiger partial charge < -0.3 is 14.6 Å². The predicted octanol–water partition coefficient (Wildman–Crippen LogP) is 0.545. The summed E-state index contributed by atoms with van der Waals surface area (Å²) in [4.78, 5) is 24.8. The Labute approximate surface area is 104 Å². The van der Waals surface area contributed by atoms with Crippen LogP contribution in [-0.2, 0) is 13.6 Å². The van der Waals surface area contributed by atoms with Crippen molar-refractivity contribution < 1.29 is 9.90 Å². The van der Waals surface area contributed by atoms with Crippen molar-refractivity contribution >= 4 is 11.8 Å². The third-order valence-corrected chi connectivity index (χ3v) is 2.54. The molecule has 0 amide bonds. The smallest absolute Gasteiger partial charge is 0.358 e. The van der Waals surface area contributed by atoms with Crippen molar-refractivity contribution in [3.8, 4) is 0 Å². The van der Waals surface area contributed by atoms with Crippen LogP contribution in [-0.4, -0.2) is 37.6 Å². The van der Waals surface area contributed by atoms with E-state index in [9.17, 15) is 4.79 Å². The van der Waals surface area contributed by atoms with Crippen LogP contribution < -0.4 is 4.90 Å². The largest absolute Gasteiger partial charge is 0.476 e. The second kappa shape index (κ2) is 4.82. The van der Waals surface area contributed by atoms with E-state index in [4.69, 9.17) is 5.11 Å². The molecule has 2 rings (SSSR count). The number of aryl methyl sites for hydroxylation is 1. The van der Waals surface area contributed by atoms with E-state index in [1.807, 2.05) is 17.8 Å². The van der Waals surface area contributed by atoms with E-state index >= 15 is 0 Å². The Bertz CT molecular complexity index is 566. The van der Waals surface area contributed by atoms with Crippen molar-refractivity contribution in [3.63, 3.8) is 0 Å². The maximum Gasteiger partial charge on any atom is 0.358 e. The molecule has 0 fully saturated rings. The van der Waals surface area contributed by atoms with Crippen LogP contribution in [0.4, 0.5) is 5.82 Å². The van der Waals surface area contributed by atoms with E-state index in [2.05, 4.69) is 15.0 Å². The van der Waals surface area contributed by atoms with Crippen molar-refractivity contribution in [2.75, 3.05) is 11.9 Å². The van der Waals surface area contributed by atoms with Gasteiger partial charge in [-0.2, -0.15) is 0 Å². The van der Waals surface area contributed by atoms with Gasteiger partial charge in [0.15, 0.2) is 11.5 Å². The first-order valence-electron chi connectivity index (χ1n) is 5.31. The fourth-order valence-electron chi connectivity index (χ4n) is 1.60. The minimum absolute atomic E-state index is 0.0609. The molecule has 0 spiro atoms. The Morgan fingerprint density at radius 2 is 2.06 bits per heavy atom. The molecule has 2 aromatic heterocycles. The fourth-order valence-corrected chi connectivity index (χ4v) is 1.60. The Morgan fingerprint density at radius 3 is 2.67 bits per heavy atom. The SMILES string of the molecule is CN(Cc1nccn1C)c1nccnc1C(=O)O. The number of imidazole rings is 1. The lowest BCUT2D eigenvalue weighted by molar-refractivity contribution is 0.0690. The maximum absolute atomic E-state index is 11.0. The molecule has 7 heteroatoms. The molecule has 0 atom stereocenters. The summed E-state index contributed by atoms with van der Waals surface area (Å²) in [6, 6.07) is 0. The van der Waals surface area contributed by atoms with E-state index < -0.39 is 5.97 Å². The van der Waals surface area contributed by atoms with Gasteiger partial charge in [0.05, 0.1) is 6.54 Å². The van der Waals surface area contributed by atoms with Crippen LogP contribution in [0.1, 0.15) is 16.3 Å². The molecular formula is C11H13N5O2. The van der Waals surface area contributed by atoms with Gasteiger partial charge in [0.1, 0.15) is 5.82 Å². The fraction of sp³-hybridized carbons (Fsp3) is 0.273. The lowest BCUT2D eigenvalue weighted by Crippen LogP contribution is -2.23. The summed E-state index contributed by atoms with van der Waals surface area (Å²) >= 11 is 0. The molecule has 0 aromatic carbocycles. The number of aromatic nitrogens is 4. The Morgan fingerprint density at radius 1 is 1.33 bits per heavy atom. The van der Waals surface area contributed by atoms with Crippen LogP contribution >= 0.6 is 0 Å². The van der Waals surface area contributed by atoms with E-state index in [-0.39, 0.29) is 5.69 Å². The number of hydrogen-bond donors (Lipinski definition) is 1. The zero-order valence-corrected chi connectivity index (χ0v) is 10.1. The Balaban J connectivity index is 2.26. The van der Waals surface area contributed by atoms with Crippen molar-refractivity contribution in [1.82, 2.24) is 19.5 Å². The van der Waals surface area contributed by atoms with Crippen LogP contribution in [0.2, 0.25) is 0 Å². The minimum Gasteiger partial charge on any atom is -0.476 e. The van der Waals surface area contributed by atoms with Gasteiger partial charge in [-0.05, 0) is 0 Å². The number of anilines is 1. The van der Waals surface area contributed by atoms with Gasteiger partial charge in [0.25, 0.3) is 0 Å². The first-order chi connectivity index (χ1) is 8.59. The third kappa shape index (κ3) is 2.29. The van der Waals surface area contributed by atoms with Crippen molar-refractivity contribution in [1.29, 1.82) is 0 Å². The summed E-state index contributed by atoms with van der Waals surface area (Å²) in [7, 11) is 3.64. The molecule has 2 heterocycles. The van der Waals surface area contributed by atoms with Crippen LogP contribution in [0.25, 0.3) is 0 Å². The summed E-state index contributed by atoms with van der Waals surface area (Å²) in [5.41, 5.74) is -0.0609. The van der Waals surface area contributed by atoms with Gasteiger partial charge in [-0.3, -0.25) is 0 Å². The molecule has 2 aromatic rings. The summed E-state index contributed by atoms with van der Waals surface area (Å²) in [5.74, 6) is 0.0530. The van der Waals surface area contributed by atoms with Crippen molar-refractivity contribution in [2.24, 2.45) is 7.05 Å². The minimum atomic E-state index is -1.09. The van der Waals surface area contributed by atoms with Gasteiger partial charge in [-0.15, -0.1) is 0 Å². The van der Waals surface area contributed by atoms with E-state index in [0.29, 0.717) is 12.4 Å². The van der Waals surface area contributed by atoms with Gasteiger partial charge >= 0.3 is 5.97 Å². The third-order valence-electron chi connectivity index (χ3n) is 2.54. The first kappa shape index (κ1) is 12.0. The van der Waals surface area contributed by atoms with Crippen LogP contribution in [0.5, 0.6) is 0 Å². The highest BCUT2D eigenvalue weighted by molar-refractivity contribution is 5.90. The molecule has 1 N–H and O–H groups in total. The van der Waals surface area contributed by atoms with Crippen LogP contribution in [0.3, 0.4) is 0 Å². The number of aromatic carboxylic acids is 1. The number of nitrogens with zero attached hydrogens (tertiary/aromatic N) is 5. The highest BCUT2D eigenvalue weighted by Crippen LogP contribution is 2.15. The molecule has 7 nitrogen and oxygen atoms in total. The predicted molar refractivity (Wildman–Crippen MR) is 64.3 cm³/mol. The van der Waals surface area contributed by atoms with Crippen molar-refractivity contribution in [2.45, 2.75) is 6.54 Å². The Hall–Kier alpha value is -2.44. The van der Waals surface area contributed by atoms with Gasteiger partial charge in [-0.1, -0.05) is 0 Å². The topological polar surface area (TPSA) is 84.1 Å². The molecule has 0 saturated heterocycles. The molecule has 0 radical (unpaired) electrons. The van der Waals surface area contributed by atoms with E-state index in [1.54, 1.807) is 18.1 Å². The highest BCUT2D eigenvalue weighted by atomic mass is 16.4. The monoisotopic (exact) mass is 247 g/mol. The van der Waals surface area contributed by atoms with Gasteiger partial charge in [-0.25, -0.2) is 19.7 Å². The molecule has 0 unspecified atom stereocenters. The molecule has 0 aliphatic carbocycles. The van der Waals surface area contributed by atoms with Gasteiger partial charge in [0, 0.05) is 38.9 Å². The standard InChI is InChI=1S/C11H13N5O2/c1-15-6-5-12-8(15)7-16(2)10-9(11(17)18)13-3-4-14-10/h3-6H,7H2,1-2H3,(H,17,18). The van der Waals surface area contributed by atoms with Crippen LogP contribution in [0.15, 0.2) is 24.8 Å². The second-order valence-corrected chi connectivity index (χ2v) is 3.84. The second-order valence-electron chi connectivity index (χ2n) is 3.84. The average molecular weight is 247 g/mol. The molecule has 0 aliphatic heterocycles. The zero-order valence-electron chi connectivity index (χ0n) is 10.1. The number of hydrogen-bond acceptors (Lipinski definition) is 5. The maximum atomic E-state index is 11.0. The average Bonchev–Trinajstić information content (AvgIpc) is 2.75. The Kier molecular flexibility index (Phi) is 3.22. The van der Waals surface area contributed by atoms with Gasteiger partial charge in [0.2, 0.25) is 0 Å². The van der Waals surface area contributed by atoms with E-state index in [1.165, 1.54) is 12.4 Å². The number of carbonyl (C=O) groups is 1.